The van der Waals surface area contributed by atoms with Crippen molar-refractivity contribution in [2.24, 2.45) is 5.92 Å². The van der Waals surface area contributed by atoms with Crippen molar-refractivity contribution < 1.29 is 0 Å². The number of hydrogen-bond donors (Lipinski definition) is 1. The predicted octanol–water partition coefficient (Wildman–Crippen LogP) is 3.50. The topological polar surface area (TPSA) is 42.2 Å². The molecule has 0 amide bonds. The minimum atomic E-state index is 0.828. The quantitative estimate of drug-likeness (QED) is 0.860. The number of thiazole rings is 1. The Bertz CT molecular complexity index is 543. The molecule has 4 heteroatoms. The standard InChI is InChI=1S/C14H19N3S/c1-17(8-10-4-2-3-5-10)11-6-7-12-14(13(11)15)16-9-18-12/h6-7,9-10H,2-5,8,15H2,1H3. The van der Waals surface area contributed by atoms with Gasteiger partial charge in [-0.3, -0.25) is 0 Å². The van der Waals surface area contributed by atoms with Crippen LogP contribution in [-0.4, -0.2) is 18.6 Å². The van der Waals surface area contributed by atoms with Gasteiger partial charge in [-0.05, 0) is 30.9 Å². The van der Waals surface area contributed by atoms with Gasteiger partial charge in [0.1, 0.15) is 5.52 Å². The van der Waals surface area contributed by atoms with Gasteiger partial charge in [-0.15, -0.1) is 11.3 Å². The summed E-state index contributed by atoms with van der Waals surface area (Å²) in [5.74, 6) is 0.834. The average Bonchev–Trinajstić information content (AvgIpc) is 2.99. The van der Waals surface area contributed by atoms with Gasteiger partial charge in [0.15, 0.2) is 0 Å². The van der Waals surface area contributed by atoms with Crippen LogP contribution in [0.4, 0.5) is 11.4 Å². The zero-order chi connectivity index (χ0) is 12.5. The number of anilines is 2. The van der Waals surface area contributed by atoms with Crippen LogP contribution in [0, 0.1) is 5.92 Å². The van der Waals surface area contributed by atoms with E-state index in [1.54, 1.807) is 11.3 Å². The molecule has 2 N–H and O–H groups in total. The maximum absolute atomic E-state index is 6.24. The Kier molecular flexibility index (Phi) is 3.12. The Labute approximate surface area is 112 Å². The van der Waals surface area contributed by atoms with Crippen molar-refractivity contribution in [2.75, 3.05) is 24.2 Å². The van der Waals surface area contributed by atoms with Gasteiger partial charge in [-0.1, -0.05) is 12.8 Å². The monoisotopic (exact) mass is 261 g/mol. The zero-order valence-electron chi connectivity index (χ0n) is 10.7. The minimum absolute atomic E-state index is 0.828. The maximum Gasteiger partial charge on any atom is 0.106 e. The number of nitrogens with zero attached hydrogens (tertiary/aromatic N) is 2. The number of aromatic nitrogens is 1. The first-order valence-corrected chi connectivity index (χ1v) is 7.46. The first-order valence-electron chi connectivity index (χ1n) is 6.58. The lowest BCUT2D eigenvalue weighted by Crippen LogP contribution is -2.24. The lowest BCUT2D eigenvalue weighted by Gasteiger charge is -2.24. The van der Waals surface area contributed by atoms with E-state index in [4.69, 9.17) is 5.73 Å². The lowest BCUT2D eigenvalue weighted by molar-refractivity contribution is 0.547. The van der Waals surface area contributed by atoms with Gasteiger partial charge in [0.05, 0.1) is 21.6 Å². The minimum Gasteiger partial charge on any atom is -0.395 e. The lowest BCUT2D eigenvalue weighted by atomic mass is 10.1. The van der Waals surface area contributed by atoms with E-state index < -0.39 is 0 Å². The third kappa shape index (κ3) is 2.05. The van der Waals surface area contributed by atoms with Gasteiger partial charge in [-0.25, -0.2) is 4.98 Å². The fourth-order valence-corrected chi connectivity index (χ4v) is 3.65. The van der Waals surface area contributed by atoms with Crippen molar-refractivity contribution in [3.63, 3.8) is 0 Å². The van der Waals surface area contributed by atoms with Crippen LogP contribution < -0.4 is 10.6 Å². The molecule has 2 aromatic rings. The largest absolute Gasteiger partial charge is 0.395 e. The second-order valence-corrected chi connectivity index (χ2v) is 6.11. The number of nitrogen functional groups attached to an aromatic ring is 1. The summed E-state index contributed by atoms with van der Waals surface area (Å²) in [7, 11) is 2.14. The Morgan fingerprint density at radius 2 is 2.17 bits per heavy atom. The maximum atomic E-state index is 6.24. The predicted molar refractivity (Wildman–Crippen MR) is 79.3 cm³/mol. The second-order valence-electron chi connectivity index (χ2n) is 5.23. The molecule has 0 spiro atoms. The van der Waals surface area contributed by atoms with E-state index in [2.05, 4.69) is 29.1 Å². The highest BCUT2D eigenvalue weighted by atomic mass is 32.1. The van der Waals surface area contributed by atoms with Crippen molar-refractivity contribution >= 4 is 32.9 Å². The number of benzene rings is 1. The summed E-state index contributed by atoms with van der Waals surface area (Å²) in [6, 6.07) is 4.26. The molecular formula is C14H19N3S. The Morgan fingerprint density at radius 1 is 1.39 bits per heavy atom. The SMILES string of the molecule is CN(CC1CCCC1)c1ccc2scnc2c1N. The van der Waals surface area contributed by atoms with Crippen LogP contribution in [0.25, 0.3) is 10.2 Å². The number of hydrogen-bond acceptors (Lipinski definition) is 4. The molecule has 18 heavy (non-hydrogen) atoms. The van der Waals surface area contributed by atoms with Gasteiger partial charge in [-0.2, -0.15) is 0 Å². The highest BCUT2D eigenvalue weighted by Gasteiger charge is 2.18. The van der Waals surface area contributed by atoms with Crippen LogP contribution >= 0.6 is 11.3 Å². The highest BCUT2D eigenvalue weighted by Crippen LogP contribution is 2.33. The van der Waals surface area contributed by atoms with E-state index in [0.717, 1.165) is 29.4 Å². The summed E-state index contributed by atoms with van der Waals surface area (Å²) in [5, 5.41) is 0. The van der Waals surface area contributed by atoms with Gasteiger partial charge >= 0.3 is 0 Å². The number of fused-ring (bicyclic) bond motifs is 1. The highest BCUT2D eigenvalue weighted by molar-refractivity contribution is 7.16. The normalized spacial score (nSPS) is 16.5. The molecule has 0 aliphatic heterocycles. The van der Waals surface area contributed by atoms with Crippen LogP contribution in [0.3, 0.4) is 0 Å². The Hall–Kier alpha value is -1.29. The number of nitrogens with two attached hydrogens (primary N) is 1. The summed E-state index contributed by atoms with van der Waals surface area (Å²) in [6.07, 6.45) is 5.50. The Balaban J connectivity index is 1.85. The van der Waals surface area contributed by atoms with Crippen molar-refractivity contribution in [1.82, 2.24) is 4.98 Å². The first-order chi connectivity index (χ1) is 8.75. The van der Waals surface area contributed by atoms with E-state index >= 15 is 0 Å². The molecule has 0 atom stereocenters. The van der Waals surface area contributed by atoms with E-state index in [0.29, 0.717) is 0 Å². The molecule has 0 unspecified atom stereocenters. The molecule has 0 bridgehead atoms. The van der Waals surface area contributed by atoms with Gasteiger partial charge < -0.3 is 10.6 Å². The fourth-order valence-electron chi connectivity index (χ4n) is 2.95. The third-order valence-electron chi connectivity index (χ3n) is 3.94. The average molecular weight is 261 g/mol. The molecule has 1 aromatic carbocycles. The van der Waals surface area contributed by atoms with Gasteiger partial charge in [0.25, 0.3) is 0 Å². The molecule has 96 valence electrons. The molecule has 3 rings (SSSR count). The van der Waals surface area contributed by atoms with E-state index in [9.17, 15) is 0 Å². The van der Waals surface area contributed by atoms with Crippen molar-refractivity contribution in [3.8, 4) is 0 Å². The zero-order valence-corrected chi connectivity index (χ0v) is 11.5. The van der Waals surface area contributed by atoms with Crippen molar-refractivity contribution in [1.29, 1.82) is 0 Å². The van der Waals surface area contributed by atoms with Crippen LogP contribution in [0.15, 0.2) is 17.6 Å². The molecule has 1 saturated carbocycles. The number of rotatable bonds is 3. The Morgan fingerprint density at radius 3 is 2.94 bits per heavy atom. The summed E-state index contributed by atoms with van der Waals surface area (Å²) < 4.78 is 1.17. The molecule has 1 aliphatic carbocycles. The summed E-state index contributed by atoms with van der Waals surface area (Å²) >= 11 is 1.65. The second kappa shape index (κ2) is 4.76. The smallest absolute Gasteiger partial charge is 0.106 e. The summed E-state index contributed by atoms with van der Waals surface area (Å²) in [5.41, 5.74) is 11.0. The molecule has 1 heterocycles. The molecule has 0 saturated heterocycles. The van der Waals surface area contributed by atoms with E-state index in [1.807, 2.05) is 5.51 Å². The summed E-state index contributed by atoms with van der Waals surface area (Å²) in [4.78, 5) is 6.66. The molecule has 3 nitrogen and oxygen atoms in total. The van der Waals surface area contributed by atoms with Crippen LogP contribution in [0.2, 0.25) is 0 Å². The van der Waals surface area contributed by atoms with Crippen LogP contribution in [-0.2, 0) is 0 Å². The van der Waals surface area contributed by atoms with Crippen LogP contribution in [0.5, 0.6) is 0 Å². The van der Waals surface area contributed by atoms with E-state index in [1.165, 1.54) is 30.4 Å². The molecule has 1 fully saturated rings. The van der Waals surface area contributed by atoms with E-state index in [-0.39, 0.29) is 0 Å². The molecular weight excluding hydrogens is 242 g/mol. The van der Waals surface area contributed by atoms with Crippen molar-refractivity contribution in [3.05, 3.63) is 17.6 Å². The van der Waals surface area contributed by atoms with Gasteiger partial charge in [0.2, 0.25) is 0 Å². The van der Waals surface area contributed by atoms with Crippen LogP contribution in [0.1, 0.15) is 25.7 Å². The summed E-state index contributed by atoms with van der Waals surface area (Å²) in [6.45, 7) is 1.11. The molecule has 0 radical (unpaired) electrons. The van der Waals surface area contributed by atoms with Crippen molar-refractivity contribution in [2.45, 2.75) is 25.7 Å². The molecule has 1 aromatic heterocycles. The fraction of sp³-hybridized carbons (Fsp3) is 0.500. The first kappa shape index (κ1) is 11.8. The van der Waals surface area contributed by atoms with Gasteiger partial charge in [0, 0.05) is 13.6 Å². The third-order valence-corrected chi connectivity index (χ3v) is 4.73. The molecule has 1 aliphatic rings.